The van der Waals surface area contributed by atoms with Gasteiger partial charge in [0.15, 0.2) is 11.6 Å². The molecule has 0 radical (unpaired) electrons. The number of halogens is 1. The average molecular weight is 548 g/mol. The average Bonchev–Trinajstić information content (AvgIpc) is 3.39. The van der Waals surface area contributed by atoms with Crippen LogP contribution in [0.1, 0.15) is 40.0 Å². The smallest absolute Gasteiger partial charge is 0.231 e. The molecule has 4 heterocycles. The Morgan fingerprint density at radius 2 is 1.74 bits per heavy atom. The number of benzene rings is 1. The third-order valence-electron chi connectivity index (χ3n) is 6.30. The fourth-order valence-electron chi connectivity index (χ4n) is 4.33. The molecule has 1 aliphatic heterocycles. The van der Waals surface area contributed by atoms with Crippen LogP contribution in [-0.4, -0.2) is 50.2 Å². The number of carbonyl (C=O) groups excluding carboxylic acids is 2. The molecule has 0 aliphatic carbocycles. The Hall–Kier alpha value is -3.76. The number of aromatic nitrogens is 5. The van der Waals surface area contributed by atoms with Crippen molar-refractivity contribution in [3.63, 3.8) is 0 Å². The molecule has 0 unspecified atom stereocenters. The molecule has 0 bridgehead atoms. The highest BCUT2D eigenvalue weighted by molar-refractivity contribution is 7.11. The summed E-state index contributed by atoms with van der Waals surface area (Å²) in [6.07, 6.45) is 4.32. The fraction of sp³-hybridized carbons (Fsp3) is 0.296. The second-order valence-electron chi connectivity index (χ2n) is 9.14. The minimum atomic E-state index is -0.185. The van der Waals surface area contributed by atoms with E-state index in [9.17, 15) is 9.59 Å². The second kappa shape index (κ2) is 12.2. The number of pyridine rings is 1. The predicted octanol–water partition coefficient (Wildman–Crippen LogP) is 4.30. The van der Waals surface area contributed by atoms with Crippen molar-refractivity contribution >= 4 is 46.3 Å². The Bertz CT molecular complexity index is 1370. The predicted molar refractivity (Wildman–Crippen MR) is 147 cm³/mol. The SMILES string of the molecule is O=C(Cc1ccc(Cl)cc1)Cc1nnc(C2CCN(c3ccc(NC(=O)Cc4ccccn4)nn3)CC2)s1. The third-order valence-corrected chi connectivity index (χ3v) is 7.64. The lowest BCUT2D eigenvalue weighted by Crippen LogP contribution is -2.33. The van der Waals surface area contributed by atoms with Crippen molar-refractivity contribution in [2.24, 2.45) is 0 Å². The van der Waals surface area contributed by atoms with E-state index in [1.54, 1.807) is 24.4 Å². The molecule has 1 amide bonds. The Labute approximate surface area is 229 Å². The van der Waals surface area contributed by atoms with Crippen LogP contribution in [-0.2, 0) is 28.9 Å². The zero-order valence-electron chi connectivity index (χ0n) is 20.6. The van der Waals surface area contributed by atoms with Gasteiger partial charge in [0.25, 0.3) is 0 Å². The first kappa shape index (κ1) is 25.9. The lowest BCUT2D eigenvalue weighted by Gasteiger charge is -2.31. The highest BCUT2D eigenvalue weighted by Crippen LogP contribution is 2.32. The van der Waals surface area contributed by atoms with Crippen molar-refractivity contribution in [3.05, 3.63) is 87.1 Å². The summed E-state index contributed by atoms with van der Waals surface area (Å²) in [5.74, 6) is 1.42. The summed E-state index contributed by atoms with van der Waals surface area (Å²) >= 11 is 7.45. The van der Waals surface area contributed by atoms with Crippen LogP contribution >= 0.6 is 22.9 Å². The summed E-state index contributed by atoms with van der Waals surface area (Å²) in [5, 5.41) is 22.3. The van der Waals surface area contributed by atoms with E-state index in [1.165, 1.54) is 11.3 Å². The second-order valence-corrected chi connectivity index (χ2v) is 10.7. The van der Waals surface area contributed by atoms with Gasteiger partial charge in [-0.2, -0.15) is 0 Å². The van der Waals surface area contributed by atoms with Gasteiger partial charge in [-0.3, -0.25) is 14.6 Å². The molecule has 0 spiro atoms. The van der Waals surface area contributed by atoms with Gasteiger partial charge in [-0.25, -0.2) is 0 Å². The van der Waals surface area contributed by atoms with Gasteiger partial charge in [0.05, 0.1) is 12.8 Å². The Balaban J connectivity index is 1.09. The van der Waals surface area contributed by atoms with Gasteiger partial charge >= 0.3 is 0 Å². The van der Waals surface area contributed by atoms with E-state index in [0.29, 0.717) is 35.3 Å². The number of rotatable bonds is 9. The summed E-state index contributed by atoms with van der Waals surface area (Å²) in [7, 11) is 0. The number of hydrogen-bond acceptors (Lipinski definition) is 9. The molecule has 1 aromatic carbocycles. The molecular formula is C27H26ClN7O2S. The molecule has 194 valence electrons. The molecule has 5 rings (SSSR count). The van der Waals surface area contributed by atoms with E-state index in [0.717, 1.165) is 47.3 Å². The molecule has 1 aliphatic rings. The quantitative estimate of drug-likeness (QED) is 0.330. The molecule has 38 heavy (non-hydrogen) atoms. The van der Waals surface area contributed by atoms with E-state index >= 15 is 0 Å². The maximum atomic E-state index is 12.5. The maximum Gasteiger partial charge on any atom is 0.231 e. The number of ketones is 1. The number of hydrogen-bond donors (Lipinski definition) is 1. The molecule has 9 nitrogen and oxygen atoms in total. The summed E-state index contributed by atoms with van der Waals surface area (Å²) in [4.78, 5) is 31.1. The van der Waals surface area contributed by atoms with Crippen molar-refractivity contribution in [2.45, 2.75) is 38.0 Å². The maximum absolute atomic E-state index is 12.5. The number of nitrogens with zero attached hydrogens (tertiary/aromatic N) is 6. The lowest BCUT2D eigenvalue weighted by molar-refractivity contribution is -0.118. The molecule has 1 saturated heterocycles. The van der Waals surface area contributed by atoms with Crippen molar-refractivity contribution in [3.8, 4) is 0 Å². The van der Waals surface area contributed by atoms with E-state index in [1.807, 2.05) is 36.4 Å². The van der Waals surface area contributed by atoms with Gasteiger partial charge in [-0.15, -0.1) is 31.7 Å². The van der Waals surface area contributed by atoms with Crippen LogP contribution in [0.5, 0.6) is 0 Å². The summed E-state index contributed by atoms with van der Waals surface area (Å²) < 4.78 is 0. The normalized spacial score (nSPS) is 13.9. The molecule has 0 atom stereocenters. The summed E-state index contributed by atoms with van der Waals surface area (Å²) in [6.45, 7) is 1.63. The van der Waals surface area contributed by atoms with Gasteiger partial charge in [0.1, 0.15) is 15.8 Å². The molecule has 4 aromatic rings. The van der Waals surface area contributed by atoms with Crippen LogP contribution in [0.25, 0.3) is 0 Å². The standard InChI is InChI=1S/C27H26ClN7O2S/c28-20-6-4-18(5-7-20)15-22(36)17-26-33-34-27(38-26)19-10-13-35(14-11-19)24-9-8-23(31-32-24)30-25(37)16-21-3-1-2-12-29-21/h1-9,12,19H,10-11,13-17H2,(H,30,31,37). The summed E-state index contributed by atoms with van der Waals surface area (Å²) in [5.41, 5.74) is 1.64. The summed E-state index contributed by atoms with van der Waals surface area (Å²) in [6, 6.07) is 16.4. The van der Waals surface area contributed by atoms with Crippen LogP contribution in [0, 0.1) is 0 Å². The minimum absolute atomic E-state index is 0.111. The van der Waals surface area contributed by atoms with Crippen molar-refractivity contribution in [1.82, 2.24) is 25.4 Å². The first-order chi connectivity index (χ1) is 18.5. The Morgan fingerprint density at radius 3 is 2.45 bits per heavy atom. The van der Waals surface area contributed by atoms with Crippen molar-refractivity contribution in [1.29, 1.82) is 0 Å². The van der Waals surface area contributed by atoms with Gasteiger partial charge < -0.3 is 10.2 Å². The van der Waals surface area contributed by atoms with E-state index < -0.39 is 0 Å². The number of amides is 1. The number of piperidine rings is 1. The topological polar surface area (TPSA) is 114 Å². The zero-order valence-corrected chi connectivity index (χ0v) is 22.2. The zero-order chi connectivity index (χ0) is 26.3. The first-order valence-corrected chi connectivity index (χ1v) is 13.6. The molecular weight excluding hydrogens is 522 g/mol. The number of anilines is 2. The minimum Gasteiger partial charge on any atom is -0.355 e. The lowest BCUT2D eigenvalue weighted by atomic mass is 9.98. The van der Waals surface area contributed by atoms with Gasteiger partial charge in [-0.1, -0.05) is 29.8 Å². The van der Waals surface area contributed by atoms with E-state index in [2.05, 4.69) is 35.6 Å². The molecule has 1 fully saturated rings. The molecule has 1 N–H and O–H groups in total. The highest BCUT2D eigenvalue weighted by atomic mass is 35.5. The fourth-order valence-corrected chi connectivity index (χ4v) is 5.50. The van der Waals surface area contributed by atoms with Crippen LogP contribution in [0.2, 0.25) is 5.02 Å². The Kier molecular flexibility index (Phi) is 8.30. The first-order valence-electron chi connectivity index (χ1n) is 12.4. The molecule has 0 saturated carbocycles. The number of nitrogens with one attached hydrogen (secondary N) is 1. The van der Waals surface area contributed by atoms with E-state index in [-0.39, 0.29) is 18.1 Å². The van der Waals surface area contributed by atoms with Gasteiger partial charge in [0.2, 0.25) is 5.91 Å². The van der Waals surface area contributed by atoms with Crippen molar-refractivity contribution in [2.75, 3.05) is 23.3 Å². The number of Topliss-reactive ketones (excluding diaryl/α,β-unsaturated/α-hetero) is 1. The van der Waals surface area contributed by atoms with E-state index in [4.69, 9.17) is 11.6 Å². The largest absolute Gasteiger partial charge is 0.355 e. The van der Waals surface area contributed by atoms with Gasteiger partial charge in [0, 0.05) is 42.3 Å². The van der Waals surface area contributed by atoms with Crippen molar-refractivity contribution < 1.29 is 9.59 Å². The monoisotopic (exact) mass is 547 g/mol. The Morgan fingerprint density at radius 1 is 0.921 bits per heavy atom. The number of carbonyl (C=O) groups is 2. The van der Waals surface area contributed by atoms with Crippen LogP contribution in [0.3, 0.4) is 0 Å². The van der Waals surface area contributed by atoms with Crippen LogP contribution in [0.15, 0.2) is 60.8 Å². The van der Waals surface area contributed by atoms with Gasteiger partial charge in [-0.05, 0) is 54.8 Å². The molecule has 3 aromatic heterocycles. The molecule has 11 heteroatoms. The highest BCUT2D eigenvalue weighted by Gasteiger charge is 2.25. The van der Waals surface area contributed by atoms with Crippen LogP contribution in [0.4, 0.5) is 11.6 Å². The third kappa shape index (κ3) is 6.96. The van der Waals surface area contributed by atoms with Crippen LogP contribution < -0.4 is 10.2 Å².